The maximum Gasteiger partial charge on any atom is 0.292 e. The van der Waals surface area contributed by atoms with Crippen molar-refractivity contribution < 1.29 is 9.72 Å². The number of rotatable bonds is 5. The number of nitrogens with one attached hydrogen (secondary N) is 2. The van der Waals surface area contributed by atoms with Gasteiger partial charge in [0.1, 0.15) is 11.4 Å². The minimum Gasteiger partial charge on any atom is -0.383 e. The summed E-state index contributed by atoms with van der Waals surface area (Å²) in [6.45, 7) is 0. The molecular weight excluding hydrogens is 334 g/mol. The van der Waals surface area contributed by atoms with Crippen molar-refractivity contribution in [3.05, 3.63) is 76.0 Å². The lowest BCUT2D eigenvalue weighted by atomic mass is 10.2. The summed E-state index contributed by atoms with van der Waals surface area (Å²) in [5, 5.41) is 18.6. The Balaban J connectivity index is 1.74. The molecule has 0 bridgehead atoms. The molecule has 0 fully saturated rings. The number of amides is 1. The van der Waals surface area contributed by atoms with Crippen LogP contribution in [0.4, 0.5) is 11.4 Å². The Morgan fingerprint density at radius 1 is 1.19 bits per heavy atom. The lowest BCUT2D eigenvalue weighted by molar-refractivity contribution is -0.383. The van der Waals surface area contributed by atoms with Gasteiger partial charge in [0.05, 0.1) is 16.7 Å². The smallest absolute Gasteiger partial charge is 0.292 e. The number of carbonyl (C=O) groups excluding carboxylic acids is 1. The summed E-state index contributed by atoms with van der Waals surface area (Å²) in [5.74, 6) is -0.464. The molecule has 26 heavy (non-hydrogen) atoms. The van der Waals surface area contributed by atoms with Crippen LogP contribution in [0.3, 0.4) is 0 Å². The van der Waals surface area contributed by atoms with Crippen molar-refractivity contribution in [1.82, 2.24) is 10.4 Å². The average molecular weight is 349 g/mol. The first kappa shape index (κ1) is 17.0. The van der Waals surface area contributed by atoms with Gasteiger partial charge in [-0.3, -0.25) is 14.9 Å². The molecule has 130 valence electrons. The van der Waals surface area contributed by atoms with E-state index in [1.807, 2.05) is 24.3 Å². The highest BCUT2D eigenvalue weighted by atomic mass is 16.6. The van der Waals surface area contributed by atoms with E-state index in [-0.39, 0.29) is 11.4 Å². The highest BCUT2D eigenvalue weighted by molar-refractivity contribution is 5.95. The van der Waals surface area contributed by atoms with Crippen molar-refractivity contribution in [2.75, 3.05) is 12.4 Å². The van der Waals surface area contributed by atoms with Crippen LogP contribution in [0.2, 0.25) is 0 Å². The van der Waals surface area contributed by atoms with E-state index in [9.17, 15) is 14.9 Å². The molecule has 0 aliphatic carbocycles. The number of anilines is 1. The monoisotopic (exact) mass is 349 g/mol. The molecule has 8 heteroatoms. The second kappa shape index (κ2) is 7.39. The molecule has 8 nitrogen and oxygen atoms in total. The number of carbonyl (C=O) groups is 1. The van der Waals surface area contributed by atoms with Gasteiger partial charge in [-0.25, -0.2) is 10.4 Å². The standard InChI is InChI=1S/C18H15N5O3/c1-19-15-8-6-12(10-17(15)23(25)26)11-20-22-18(24)16-9-7-13-4-2-3-5-14(13)21-16/h2-11,19H,1H3,(H,22,24)/b20-11+. The Kier molecular flexibility index (Phi) is 4.84. The van der Waals surface area contributed by atoms with Gasteiger partial charge in [0, 0.05) is 24.1 Å². The molecule has 3 rings (SSSR count). The lowest BCUT2D eigenvalue weighted by Gasteiger charge is -2.03. The third-order valence-electron chi connectivity index (χ3n) is 3.70. The Bertz CT molecular complexity index is 1020. The highest BCUT2D eigenvalue weighted by Gasteiger charge is 2.12. The maximum absolute atomic E-state index is 12.1. The van der Waals surface area contributed by atoms with Crippen molar-refractivity contribution >= 4 is 34.4 Å². The Labute approximate surface area is 148 Å². The van der Waals surface area contributed by atoms with Crippen LogP contribution in [0.5, 0.6) is 0 Å². The molecule has 0 aliphatic rings. The topological polar surface area (TPSA) is 110 Å². The molecule has 0 saturated carbocycles. The van der Waals surface area contributed by atoms with Gasteiger partial charge in [0.25, 0.3) is 11.6 Å². The minimum absolute atomic E-state index is 0.0704. The van der Waals surface area contributed by atoms with Gasteiger partial charge in [-0.15, -0.1) is 0 Å². The second-order valence-electron chi connectivity index (χ2n) is 5.37. The number of nitrogens with zero attached hydrogens (tertiary/aromatic N) is 3. The summed E-state index contributed by atoms with van der Waals surface area (Å²) in [4.78, 5) is 27.0. The van der Waals surface area contributed by atoms with Crippen LogP contribution in [0.15, 0.2) is 59.7 Å². The van der Waals surface area contributed by atoms with Crippen LogP contribution in [-0.4, -0.2) is 29.1 Å². The second-order valence-corrected chi connectivity index (χ2v) is 5.37. The largest absolute Gasteiger partial charge is 0.383 e. The predicted octanol–water partition coefficient (Wildman–Crippen LogP) is 2.95. The Morgan fingerprint density at radius 3 is 2.77 bits per heavy atom. The number of pyridine rings is 1. The van der Waals surface area contributed by atoms with Crippen molar-refractivity contribution in [3.8, 4) is 0 Å². The number of benzene rings is 2. The van der Waals surface area contributed by atoms with Gasteiger partial charge in [-0.2, -0.15) is 5.10 Å². The van der Waals surface area contributed by atoms with E-state index >= 15 is 0 Å². The van der Waals surface area contributed by atoms with E-state index < -0.39 is 10.8 Å². The first-order valence-corrected chi connectivity index (χ1v) is 7.74. The molecule has 1 amide bonds. The molecule has 1 heterocycles. The number of nitro benzene ring substituents is 1. The van der Waals surface area contributed by atoms with Crippen LogP contribution in [0.1, 0.15) is 16.1 Å². The van der Waals surface area contributed by atoms with E-state index in [0.717, 1.165) is 5.39 Å². The molecular formula is C18H15N5O3. The summed E-state index contributed by atoms with van der Waals surface area (Å²) in [6.07, 6.45) is 1.34. The van der Waals surface area contributed by atoms with Gasteiger partial charge >= 0.3 is 0 Å². The number of hydrazone groups is 1. The molecule has 0 saturated heterocycles. The molecule has 0 spiro atoms. The molecule has 3 aromatic rings. The van der Waals surface area contributed by atoms with Gasteiger partial charge in [0.15, 0.2) is 0 Å². The average Bonchev–Trinajstić information content (AvgIpc) is 2.67. The SMILES string of the molecule is CNc1ccc(/C=N/NC(=O)c2ccc3ccccc3n2)cc1[N+](=O)[O-]. The lowest BCUT2D eigenvalue weighted by Crippen LogP contribution is -2.18. The van der Waals surface area contributed by atoms with Crippen molar-refractivity contribution in [1.29, 1.82) is 0 Å². The number of para-hydroxylation sites is 1. The molecule has 0 aliphatic heterocycles. The van der Waals surface area contributed by atoms with E-state index in [2.05, 4.69) is 20.8 Å². The fraction of sp³-hybridized carbons (Fsp3) is 0.0556. The first-order chi connectivity index (χ1) is 12.6. The van der Waals surface area contributed by atoms with Crippen molar-refractivity contribution in [2.45, 2.75) is 0 Å². The van der Waals surface area contributed by atoms with E-state index in [1.54, 1.807) is 31.3 Å². The zero-order chi connectivity index (χ0) is 18.5. The third-order valence-corrected chi connectivity index (χ3v) is 3.70. The third kappa shape index (κ3) is 3.64. The summed E-state index contributed by atoms with van der Waals surface area (Å²) in [5.41, 5.74) is 4.13. The zero-order valence-electron chi connectivity index (χ0n) is 13.8. The number of aromatic nitrogens is 1. The number of nitro groups is 1. The highest BCUT2D eigenvalue weighted by Crippen LogP contribution is 2.24. The van der Waals surface area contributed by atoms with Crippen LogP contribution < -0.4 is 10.7 Å². The Morgan fingerprint density at radius 2 is 2.00 bits per heavy atom. The summed E-state index contributed by atoms with van der Waals surface area (Å²) in [7, 11) is 1.60. The fourth-order valence-electron chi connectivity index (χ4n) is 2.41. The van der Waals surface area contributed by atoms with Crippen LogP contribution >= 0.6 is 0 Å². The van der Waals surface area contributed by atoms with Crippen molar-refractivity contribution in [2.24, 2.45) is 5.10 Å². The molecule has 2 N–H and O–H groups in total. The van der Waals surface area contributed by atoms with Crippen LogP contribution in [0.25, 0.3) is 10.9 Å². The van der Waals surface area contributed by atoms with E-state index in [4.69, 9.17) is 0 Å². The quantitative estimate of drug-likeness (QED) is 0.418. The van der Waals surface area contributed by atoms with Crippen LogP contribution in [0, 0.1) is 10.1 Å². The Hall–Kier alpha value is -3.81. The number of hydrogen-bond donors (Lipinski definition) is 2. The molecule has 2 aromatic carbocycles. The maximum atomic E-state index is 12.1. The normalized spacial score (nSPS) is 10.8. The molecule has 0 radical (unpaired) electrons. The van der Waals surface area contributed by atoms with E-state index in [1.165, 1.54) is 12.3 Å². The summed E-state index contributed by atoms with van der Waals surface area (Å²) in [6, 6.07) is 15.5. The van der Waals surface area contributed by atoms with E-state index in [0.29, 0.717) is 16.8 Å². The van der Waals surface area contributed by atoms with Gasteiger partial charge in [0.2, 0.25) is 0 Å². The number of hydrogen-bond acceptors (Lipinski definition) is 6. The molecule has 0 unspecified atom stereocenters. The minimum atomic E-state index is -0.485. The van der Waals surface area contributed by atoms with Gasteiger partial charge in [-0.05, 0) is 18.2 Å². The molecule has 1 aromatic heterocycles. The van der Waals surface area contributed by atoms with Crippen LogP contribution in [-0.2, 0) is 0 Å². The summed E-state index contributed by atoms with van der Waals surface area (Å²) < 4.78 is 0. The zero-order valence-corrected chi connectivity index (χ0v) is 13.8. The predicted molar refractivity (Wildman–Crippen MR) is 99.4 cm³/mol. The molecule has 0 atom stereocenters. The summed E-state index contributed by atoms with van der Waals surface area (Å²) >= 11 is 0. The van der Waals surface area contributed by atoms with Gasteiger partial charge in [-0.1, -0.05) is 30.3 Å². The van der Waals surface area contributed by atoms with Gasteiger partial charge < -0.3 is 5.32 Å². The first-order valence-electron chi connectivity index (χ1n) is 7.74. The van der Waals surface area contributed by atoms with Crippen molar-refractivity contribution in [3.63, 3.8) is 0 Å². The number of fused-ring (bicyclic) bond motifs is 1. The fourth-order valence-corrected chi connectivity index (χ4v) is 2.41.